The molecule has 1 amide bonds. The van der Waals surface area contributed by atoms with E-state index in [-0.39, 0.29) is 21.5 Å². The number of methoxy groups -OCH3 is 1. The van der Waals surface area contributed by atoms with E-state index in [1.165, 1.54) is 19.2 Å². The lowest BCUT2D eigenvalue weighted by atomic mass is 10.1. The van der Waals surface area contributed by atoms with E-state index >= 15 is 0 Å². The Hall–Kier alpha value is -2.78. The Balaban J connectivity index is 1.98. The number of ether oxygens (including phenoxy) is 2. The molecule has 9 heteroatoms. The Morgan fingerprint density at radius 3 is 2.63 bits per heavy atom. The summed E-state index contributed by atoms with van der Waals surface area (Å²) in [6.45, 7) is 3.84. The summed E-state index contributed by atoms with van der Waals surface area (Å²) >= 11 is 6.26. The average molecular weight is 451 g/mol. The van der Waals surface area contributed by atoms with Crippen molar-refractivity contribution in [3.05, 3.63) is 71.2 Å². The van der Waals surface area contributed by atoms with Crippen LogP contribution in [-0.2, 0) is 11.0 Å². The van der Waals surface area contributed by atoms with Gasteiger partial charge in [0.15, 0.2) is 15.8 Å². The lowest BCUT2D eigenvalue weighted by Crippen LogP contribution is -2.27. The Morgan fingerprint density at radius 1 is 1.23 bits per heavy atom. The van der Waals surface area contributed by atoms with E-state index < -0.39 is 17.6 Å². The number of halogens is 3. The molecule has 3 rings (SSSR count). The number of carbonyl (C=O) groups excluding carboxylic acids is 1. The molecule has 0 N–H and O–H groups in total. The molecule has 0 aliphatic carbocycles. The summed E-state index contributed by atoms with van der Waals surface area (Å²) in [7, 11) is 1.49. The first kappa shape index (κ1) is 21.9. The highest BCUT2D eigenvalue weighted by Crippen LogP contribution is 2.40. The fraction of sp³-hybridized carbons (Fsp3) is 0.143. The predicted octanol–water partition coefficient (Wildman–Crippen LogP) is 5.68. The van der Waals surface area contributed by atoms with Crippen molar-refractivity contribution in [1.29, 1.82) is 0 Å². The van der Waals surface area contributed by atoms with Gasteiger partial charge in [-0.1, -0.05) is 54.8 Å². The van der Waals surface area contributed by atoms with Gasteiger partial charge in [0, 0.05) is 5.56 Å². The Morgan fingerprint density at radius 2 is 1.97 bits per heavy atom. The number of nitrogens with zero attached hydrogens (tertiary/aromatic N) is 1. The van der Waals surface area contributed by atoms with Gasteiger partial charge in [-0.3, -0.25) is 9.69 Å². The maximum Gasteiger partial charge on any atom is 0.416 e. The highest BCUT2D eigenvalue weighted by molar-refractivity contribution is 8.27. The summed E-state index contributed by atoms with van der Waals surface area (Å²) in [5.41, 5.74) is -0.226. The van der Waals surface area contributed by atoms with Crippen molar-refractivity contribution >= 4 is 46.0 Å². The Kier molecular flexibility index (Phi) is 6.52. The van der Waals surface area contributed by atoms with E-state index in [0.717, 1.165) is 28.8 Å². The van der Waals surface area contributed by atoms with Gasteiger partial charge in [0.05, 0.1) is 23.3 Å². The van der Waals surface area contributed by atoms with Crippen molar-refractivity contribution in [2.45, 2.75) is 6.18 Å². The van der Waals surface area contributed by atoms with Crippen molar-refractivity contribution in [2.24, 2.45) is 0 Å². The molecular formula is C21H16F3NO3S2. The fourth-order valence-corrected chi connectivity index (χ4v) is 4.05. The number of hydrogen-bond donors (Lipinski definition) is 0. The number of thiocarbonyl (C=S) groups is 1. The number of hydrogen-bond acceptors (Lipinski definition) is 5. The van der Waals surface area contributed by atoms with E-state index in [9.17, 15) is 18.0 Å². The molecule has 0 atom stereocenters. The van der Waals surface area contributed by atoms with Crippen LogP contribution in [0.3, 0.4) is 0 Å². The van der Waals surface area contributed by atoms with Gasteiger partial charge in [0.25, 0.3) is 5.91 Å². The van der Waals surface area contributed by atoms with Crippen molar-refractivity contribution in [1.82, 2.24) is 0 Å². The van der Waals surface area contributed by atoms with Crippen LogP contribution in [-0.4, -0.2) is 23.9 Å². The summed E-state index contributed by atoms with van der Waals surface area (Å²) in [6.07, 6.45) is -1.37. The molecule has 0 bridgehead atoms. The lowest BCUT2D eigenvalue weighted by molar-refractivity contribution is -0.137. The van der Waals surface area contributed by atoms with Crippen molar-refractivity contribution in [3.8, 4) is 11.5 Å². The molecule has 0 radical (unpaired) electrons. The SMILES string of the molecule is C=CCOc1c(/C=C2/SC(=S)N(c3cccc(C(F)(F)F)c3)C2=O)cccc1OC. The zero-order chi connectivity index (χ0) is 21.9. The number of thioether (sulfide) groups is 1. The number of benzene rings is 2. The van der Waals surface area contributed by atoms with Gasteiger partial charge in [0.1, 0.15) is 6.61 Å². The summed E-state index contributed by atoms with van der Waals surface area (Å²) < 4.78 is 50.3. The van der Waals surface area contributed by atoms with E-state index in [1.807, 2.05) is 0 Å². The number of para-hydroxylation sites is 1. The molecule has 1 aliphatic heterocycles. The third kappa shape index (κ3) is 4.52. The quantitative estimate of drug-likeness (QED) is 0.321. The molecule has 1 aliphatic rings. The molecule has 2 aromatic rings. The highest BCUT2D eigenvalue weighted by atomic mass is 32.2. The Bertz CT molecular complexity index is 1030. The zero-order valence-corrected chi connectivity index (χ0v) is 17.4. The van der Waals surface area contributed by atoms with Crippen LogP contribution in [0.5, 0.6) is 11.5 Å². The van der Waals surface area contributed by atoms with Crippen LogP contribution in [0.1, 0.15) is 11.1 Å². The third-order valence-corrected chi connectivity index (χ3v) is 5.39. The average Bonchev–Trinajstić information content (AvgIpc) is 2.99. The molecule has 156 valence electrons. The van der Waals surface area contributed by atoms with E-state index in [0.29, 0.717) is 17.1 Å². The summed E-state index contributed by atoms with van der Waals surface area (Å²) in [6, 6.07) is 9.67. The van der Waals surface area contributed by atoms with E-state index in [2.05, 4.69) is 6.58 Å². The maximum absolute atomic E-state index is 13.0. The van der Waals surface area contributed by atoms with Gasteiger partial charge in [-0.05, 0) is 30.3 Å². The molecule has 1 fully saturated rings. The topological polar surface area (TPSA) is 38.8 Å². The van der Waals surface area contributed by atoms with E-state index in [4.69, 9.17) is 21.7 Å². The van der Waals surface area contributed by atoms with Crippen LogP contribution in [0.4, 0.5) is 18.9 Å². The molecule has 2 aromatic carbocycles. The standard InChI is InChI=1S/C21H16F3NO3S2/c1-3-10-28-18-13(6-4-9-16(18)27-2)11-17-19(26)25(20(29)30-17)15-8-5-7-14(12-15)21(22,23)24/h3-9,11-12H,1,10H2,2H3/b17-11+. The largest absolute Gasteiger partial charge is 0.493 e. The van der Waals surface area contributed by atoms with Crippen LogP contribution in [0.2, 0.25) is 0 Å². The summed E-state index contributed by atoms with van der Waals surface area (Å²) in [5, 5.41) is 0. The second kappa shape index (κ2) is 8.93. The monoisotopic (exact) mass is 451 g/mol. The predicted molar refractivity (Wildman–Crippen MR) is 116 cm³/mol. The summed E-state index contributed by atoms with van der Waals surface area (Å²) in [5.74, 6) is 0.380. The number of anilines is 1. The third-order valence-electron chi connectivity index (χ3n) is 4.09. The number of amides is 1. The molecule has 1 heterocycles. The minimum atomic E-state index is -4.52. The maximum atomic E-state index is 13.0. The van der Waals surface area contributed by atoms with Crippen LogP contribution < -0.4 is 14.4 Å². The zero-order valence-electron chi connectivity index (χ0n) is 15.7. The smallest absolute Gasteiger partial charge is 0.416 e. The molecule has 0 aromatic heterocycles. The Labute approximate surface area is 181 Å². The minimum Gasteiger partial charge on any atom is -0.493 e. The van der Waals surface area contributed by atoms with Gasteiger partial charge in [-0.15, -0.1) is 0 Å². The van der Waals surface area contributed by atoms with E-state index in [1.54, 1.807) is 30.4 Å². The van der Waals surface area contributed by atoms with Gasteiger partial charge in [0.2, 0.25) is 0 Å². The second-order valence-electron chi connectivity index (χ2n) is 6.04. The molecule has 1 saturated heterocycles. The van der Waals surface area contributed by atoms with Gasteiger partial charge in [-0.25, -0.2) is 0 Å². The van der Waals surface area contributed by atoms with Crippen LogP contribution in [0.25, 0.3) is 6.08 Å². The minimum absolute atomic E-state index is 0.0597. The van der Waals surface area contributed by atoms with Crippen molar-refractivity contribution < 1.29 is 27.4 Å². The molecule has 0 saturated carbocycles. The van der Waals surface area contributed by atoms with Crippen LogP contribution >= 0.6 is 24.0 Å². The lowest BCUT2D eigenvalue weighted by Gasteiger charge is -2.16. The molecule has 30 heavy (non-hydrogen) atoms. The number of carbonyl (C=O) groups is 1. The number of alkyl halides is 3. The van der Waals surface area contributed by atoms with Gasteiger partial charge in [-0.2, -0.15) is 13.2 Å². The van der Waals surface area contributed by atoms with Crippen LogP contribution in [0.15, 0.2) is 60.0 Å². The summed E-state index contributed by atoms with van der Waals surface area (Å²) in [4.78, 5) is 14.3. The molecule has 0 spiro atoms. The van der Waals surface area contributed by atoms with Crippen molar-refractivity contribution in [3.63, 3.8) is 0 Å². The first-order valence-electron chi connectivity index (χ1n) is 8.62. The van der Waals surface area contributed by atoms with Crippen molar-refractivity contribution in [2.75, 3.05) is 18.6 Å². The molecular weight excluding hydrogens is 435 g/mol. The fourth-order valence-electron chi connectivity index (χ4n) is 2.76. The van der Waals surface area contributed by atoms with Gasteiger partial charge < -0.3 is 9.47 Å². The first-order chi connectivity index (χ1) is 14.3. The van der Waals surface area contributed by atoms with Gasteiger partial charge >= 0.3 is 6.18 Å². The van der Waals surface area contributed by atoms with Crippen LogP contribution in [0, 0.1) is 0 Å². The highest BCUT2D eigenvalue weighted by Gasteiger charge is 2.36. The second-order valence-corrected chi connectivity index (χ2v) is 7.72. The normalized spacial score (nSPS) is 15.6. The first-order valence-corrected chi connectivity index (χ1v) is 9.84. The molecule has 4 nitrogen and oxygen atoms in total. The molecule has 0 unspecified atom stereocenters. The number of rotatable bonds is 6.